The van der Waals surface area contributed by atoms with Crippen LogP contribution >= 0.6 is 0 Å². The van der Waals surface area contributed by atoms with Gasteiger partial charge in [0.2, 0.25) is 11.8 Å². The van der Waals surface area contributed by atoms with Crippen molar-refractivity contribution in [3.8, 4) is 0 Å². The Morgan fingerprint density at radius 2 is 1.94 bits per heavy atom. The molecule has 1 atom stereocenters. The van der Waals surface area contributed by atoms with Crippen LogP contribution < -0.4 is 10.6 Å². The summed E-state index contributed by atoms with van der Waals surface area (Å²) in [6.07, 6.45) is 8.34. The molecule has 1 aliphatic rings. The molecule has 4 heteroatoms. The molecule has 4 nitrogen and oxygen atoms in total. The minimum atomic E-state index is -0.362. The zero-order valence-corrected chi connectivity index (χ0v) is 10.9. The lowest BCUT2D eigenvalue weighted by atomic mass is 9.98. The Morgan fingerprint density at radius 1 is 1.29 bits per heavy atom. The van der Waals surface area contributed by atoms with Crippen molar-refractivity contribution in [3.63, 3.8) is 0 Å². The molecule has 0 aromatic rings. The van der Waals surface area contributed by atoms with Crippen LogP contribution in [0.4, 0.5) is 0 Å². The molecule has 17 heavy (non-hydrogen) atoms. The van der Waals surface area contributed by atoms with Crippen molar-refractivity contribution >= 4 is 11.8 Å². The van der Waals surface area contributed by atoms with Crippen LogP contribution in [0.2, 0.25) is 0 Å². The van der Waals surface area contributed by atoms with E-state index >= 15 is 0 Å². The molecule has 1 fully saturated rings. The normalized spacial score (nSPS) is 17.8. The van der Waals surface area contributed by atoms with Crippen LogP contribution in [-0.2, 0) is 9.59 Å². The lowest BCUT2D eigenvalue weighted by molar-refractivity contribution is -0.127. The lowest BCUT2D eigenvalue weighted by Crippen LogP contribution is -2.44. The fourth-order valence-corrected chi connectivity index (χ4v) is 2.60. The third-order valence-electron chi connectivity index (χ3n) is 3.52. The van der Waals surface area contributed by atoms with Gasteiger partial charge in [0.15, 0.2) is 0 Å². The van der Waals surface area contributed by atoms with Gasteiger partial charge in [-0.1, -0.05) is 38.5 Å². The van der Waals surface area contributed by atoms with Gasteiger partial charge in [0.1, 0.15) is 6.04 Å². The average molecular weight is 240 g/mol. The maximum absolute atomic E-state index is 11.5. The van der Waals surface area contributed by atoms with Crippen LogP contribution in [-0.4, -0.2) is 24.9 Å². The van der Waals surface area contributed by atoms with E-state index in [-0.39, 0.29) is 17.9 Å². The summed E-state index contributed by atoms with van der Waals surface area (Å²) >= 11 is 0. The first-order valence-corrected chi connectivity index (χ1v) is 6.62. The maximum atomic E-state index is 11.5. The van der Waals surface area contributed by atoms with E-state index < -0.39 is 0 Å². The van der Waals surface area contributed by atoms with E-state index in [1.807, 2.05) is 0 Å². The predicted molar refractivity (Wildman–Crippen MR) is 67.5 cm³/mol. The molecule has 0 aromatic heterocycles. The largest absolute Gasteiger partial charge is 0.357 e. The van der Waals surface area contributed by atoms with E-state index in [4.69, 9.17) is 0 Å². The van der Waals surface area contributed by atoms with E-state index in [1.54, 1.807) is 7.05 Å². The third kappa shape index (κ3) is 5.20. The fourth-order valence-electron chi connectivity index (χ4n) is 2.60. The molecular formula is C13H24N2O2. The van der Waals surface area contributed by atoms with Crippen molar-refractivity contribution in [3.05, 3.63) is 0 Å². The molecule has 98 valence electrons. The zero-order chi connectivity index (χ0) is 12.7. The van der Waals surface area contributed by atoms with Gasteiger partial charge in [-0.25, -0.2) is 0 Å². The van der Waals surface area contributed by atoms with Gasteiger partial charge in [0.25, 0.3) is 0 Å². The molecule has 1 rings (SSSR count). The summed E-state index contributed by atoms with van der Waals surface area (Å²) in [7, 11) is 1.61. The van der Waals surface area contributed by atoms with Crippen molar-refractivity contribution in [2.45, 2.75) is 57.9 Å². The first kappa shape index (κ1) is 14.0. The Bertz CT molecular complexity index is 260. The monoisotopic (exact) mass is 240 g/mol. The van der Waals surface area contributed by atoms with E-state index in [1.165, 1.54) is 39.0 Å². The number of hydrogen-bond donors (Lipinski definition) is 2. The summed E-state index contributed by atoms with van der Waals surface area (Å²) in [6, 6.07) is -0.362. The summed E-state index contributed by atoms with van der Waals surface area (Å²) in [5.74, 6) is 0.615. The first-order valence-electron chi connectivity index (χ1n) is 6.62. The van der Waals surface area contributed by atoms with Crippen LogP contribution in [0.3, 0.4) is 0 Å². The Labute approximate surface area is 104 Å². The Kier molecular flexibility index (Phi) is 6.01. The second kappa shape index (κ2) is 7.30. The number of carbonyl (C=O) groups excluding carboxylic acids is 2. The molecule has 0 saturated heterocycles. The molecule has 1 saturated carbocycles. The molecule has 0 radical (unpaired) electrons. The van der Waals surface area contributed by atoms with E-state index in [0.717, 1.165) is 18.8 Å². The van der Waals surface area contributed by atoms with Gasteiger partial charge in [-0.05, 0) is 12.3 Å². The van der Waals surface area contributed by atoms with Crippen molar-refractivity contribution in [2.24, 2.45) is 5.92 Å². The van der Waals surface area contributed by atoms with Crippen LogP contribution in [0.1, 0.15) is 51.9 Å². The number of likely N-dealkylation sites (N-methyl/N-ethyl adjacent to an activating group) is 1. The highest BCUT2D eigenvalue weighted by molar-refractivity contribution is 5.86. The number of rotatable bonds is 6. The first-order chi connectivity index (χ1) is 8.13. The fraction of sp³-hybridized carbons (Fsp3) is 0.846. The summed E-state index contributed by atoms with van der Waals surface area (Å²) in [5, 5.41) is 5.30. The summed E-state index contributed by atoms with van der Waals surface area (Å²) in [4.78, 5) is 22.6. The van der Waals surface area contributed by atoms with Crippen molar-refractivity contribution in [1.82, 2.24) is 10.6 Å². The SMILES string of the molecule is CNC(=O)C(CCCC1CCCC1)NC(C)=O. The van der Waals surface area contributed by atoms with Gasteiger partial charge in [-0.2, -0.15) is 0 Å². The summed E-state index contributed by atoms with van der Waals surface area (Å²) in [6.45, 7) is 1.45. The van der Waals surface area contributed by atoms with E-state index in [2.05, 4.69) is 10.6 Å². The molecule has 1 unspecified atom stereocenters. The maximum Gasteiger partial charge on any atom is 0.242 e. The zero-order valence-electron chi connectivity index (χ0n) is 10.9. The smallest absolute Gasteiger partial charge is 0.242 e. The van der Waals surface area contributed by atoms with Crippen LogP contribution in [0.15, 0.2) is 0 Å². The highest BCUT2D eigenvalue weighted by atomic mass is 16.2. The molecule has 0 spiro atoms. The second-order valence-corrected chi connectivity index (χ2v) is 4.95. The highest BCUT2D eigenvalue weighted by Gasteiger charge is 2.19. The number of hydrogen-bond acceptors (Lipinski definition) is 2. The van der Waals surface area contributed by atoms with Crippen LogP contribution in [0.5, 0.6) is 0 Å². The van der Waals surface area contributed by atoms with E-state index in [9.17, 15) is 9.59 Å². The highest BCUT2D eigenvalue weighted by Crippen LogP contribution is 2.29. The quantitative estimate of drug-likeness (QED) is 0.741. The van der Waals surface area contributed by atoms with Crippen LogP contribution in [0, 0.1) is 5.92 Å². The Morgan fingerprint density at radius 3 is 2.47 bits per heavy atom. The molecule has 0 heterocycles. The van der Waals surface area contributed by atoms with Gasteiger partial charge >= 0.3 is 0 Å². The molecule has 0 bridgehead atoms. The van der Waals surface area contributed by atoms with E-state index in [0.29, 0.717) is 0 Å². The van der Waals surface area contributed by atoms with Crippen LogP contribution in [0.25, 0.3) is 0 Å². The van der Waals surface area contributed by atoms with Crippen molar-refractivity contribution < 1.29 is 9.59 Å². The lowest BCUT2D eigenvalue weighted by Gasteiger charge is -2.17. The summed E-state index contributed by atoms with van der Waals surface area (Å²) in [5.41, 5.74) is 0. The molecule has 2 N–H and O–H groups in total. The molecule has 1 aliphatic carbocycles. The van der Waals surface area contributed by atoms with Gasteiger partial charge in [-0.15, -0.1) is 0 Å². The molecule has 0 aromatic carbocycles. The average Bonchev–Trinajstić information content (AvgIpc) is 2.79. The topological polar surface area (TPSA) is 58.2 Å². The second-order valence-electron chi connectivity index (χ2n) is 4.95. The predicted octanol–water partition coefficient (Wildman–Crippen LogP) is 1.60. The minimum absolute atomic E-state index is 0.0911. The number of carbonyl (C=O) groups is 2. The van der Waals surface area contributed by atoms with Crippen molar-refractivity contribution in [2.75, 3.05) is 7.05 Å². The van der Waals surface area contributed by atoms with Crippen molar-refractivity contribution in [1.29, 1.82) is 0 Å². The number of nitrogens with one attached hydrogen (secondary N) is 2. The van der Waals surface area contributed by atoms with Gasteiger partial charge < -0.3 is 10.6 Å². The van der Waals surface area contributed by atoms with Gasteiger partial charge in [0.05, 0.1) is 0 Å². The number of amides is 2. The van der Waals surface area contributed by atoms with Gasteiger partial charge in [-0.3, -0.25) is 9.59 Å². The summed E-state index contributed by atoms with van der Waals surface area (Å²) < 4.78 is 0. The van der Waals surface area contributed by atoms with Gasteiger partial charge in [0, 0.05) is 14.0 Å². The third-order valence-corrected chi connectivity index (χ3v) is 3.52. The molecular weight excluding hydrogens is 216 g/mol. The minimum Gasteiger partial charge on any atom is -0.357 e. The Balaban J connectivity index is 2.27. The Hall–Kier alpha value is -1.06. The molecule has 2 amide bonds. The standard InChI is InChI=1S/C13H24N2O2/c1-10(16)15-12(13(17)14-2)9-5-8-11-6-3-4-7-11/h11-12H,3-9H2,1-2H3,(H,14,17)(H,15,16). The molecule has 0 aliphatic heterocycles.